The zero-order chi connectivity index (χ0) is 22.1. The molecule has 1 amide bonds. The lowest BCUT2D eigenvalue weighted by molar-refractivity contribution is 0.0737. The van der Waals surface area contributed by atoms with E-state index >= 15 is 0 Å². The topological polar surface area (TPSA) is 54.5 Å². The second-order valence-electron chi connectivity index (χ2n) is 8.14. The van der Waals surface area contributed by atoms with Gasteiger partial charge in [-0.25, -0.2) is 4.68 Å². The molecule has 0 radical (unpaired) electrons. The summed E-state index contributed by atoms with van der Waals surface area (Å²) in [4.78, 5) is 17.8. The van der Waals surface area contributed by atoms with Gasteiger partial charge in [-0.05, 0) is 49.7 Å². The fraction of sp³-hybridized carbons (Fsp3) is 0.231. The molecule has 4 aromatic rings. The van der Waals surface area contributed by atoms with Gasteiger partial charge < -0.3 is 14.2 Å². The molecular weight excluding hydrogens is 400 g/mol. The molecule has 32 heavy (non-hydrogen) atoms. The van der Waals surface area contributed by atoms with Gasteiger partial charge in [0.05, 0.1) is 5.69 Å². The number of anilines is 1. The molecule has 0 bridgehead atoms. The van der Waals surface area contributed by atoms with Gasteiger partial charge in [0.1, 0.15) is 17.1 Å². The molecule has 2 aromatic carbocycles. The Bertz CT molecular complexity index is 1230. The molecule has 6 nitrogen and oxygen atoms in total. The van der Waals surface area contributed by atoms with Gasteiger partial charge in [-0.15, -0.1) is 0 Å². The molecule has 0 atom stereocenters. The summed E-state index contributed by atoms with van der Waals surface area (Å²) in [5.74, 6) is 1.46. The van der Waals surface area contributed by atoms with Crippen LogP contribution in [0.4, 0.5) is 5.69 Å². The zero-order valence-corrected chi connectivity index (χ0v) is 18.4. The van der Waals surface area contributed by atoms with E-state index < -0.39 is 0 Å². The van der Waals surface area contributed by atoms with E-state index in [9.17, 15) is 4.79 Å². The van der Waals surface area contributed by atoms with E-state index in [0.29, 0.717) is 30.2 Å². The minimum Gasteiger partial charge on any atom is -0.460 e. The number of nitrogens with zero attached hydrogens (tertiary/aromatic N) is 4. The highest BCUT2D eigenvalue weighted by molar-refractivity contribution is 5.94. The number of rotatable bonds is 4. The van der Waals surface area contributed by atoms with E-state index in [-0.39, 0.29) is 5.91 Å². The standard InChI is InChI=1S/C26H26N4O2/c1-19-8-6-7-11-23(19)28-14-16-29(17-15-28)26(31)24-18-22(25-13-12-20(2)32-25)27-30(24)21-9-4-3-5-10-21/h3-13,18H,14-17H2,1-2H3. The van der Waals surface area contributed by atoms with Crippen molar-refractivity contribution in [3.63, 3.8) is 0 Å². The molecule has 0 aliphatic carbocycles. The van der Waals surface area contributed by atoms with Crippen LogP contribution >= 0.6 is 0 Å². The molecule has 1 fully saturated rings. The SMILES string of the molecule is Cc1ccc(-c2cc(C(=O)N3CCN(c4ccccc4C)CC3)n(-c3ccccc3)n2)o1. The van der Waals surface area contributed by atoms with Crippen LogP contribution in [-0.2, 0) is 0 Å². The Morgan fingerprint density at radius 3 is 2.28 bits per heavy atom. The van der Waals surface area contributed by atoms with Crippen LogP contribution in [0.25, 0.3) is 17.1 Å². The average molecular weight is 427 g/mol. The number of furan rings is 1. The van der Waals surface area contributed by atoms with Gasteiger partial charge in [-0.1, -0.05) is 36.4 Å². The first-order valence-corrected chi connectivity index (χ1v) is 10.9. The summed E-state index contributed by atoms with van der Waals surface area (Å²) in [7, 11) is 0. The summed E-state index contributed by atoms with van der Waals surface area (Å²) in [6, 6.07) is 23.8. The van der Waals surface area contributed by atoms with Crippen LogP contribution in [0, 0.1) is 13.8 Å². The Morgan fingerprint density at radius 2 is 1.59 bits per heavy atom. The molecule has 0 saturated carbocycles. The fourth-order valence-electron chi connectivity index (χ4n) is 4.22. The normalized spacial score (nSPS) is 14.1. The van der Waals surface area contributed by atoms with Crippen molar-refractivity contribution in [1.29, 1.82) is 0 Å². The maximum absolute atomic E-state index is 13.6. The minimum absolute atomic E-state index is 0.0136. The van der Waals surface area contributed by atoms with Crippen molar-refractivity contribution in [2.75, 3.05) is 31.1 Å². The number of aromatic nitrogens is 2. The van der Waals surface area contributed by atoms with Gasteiger partial charge >= 0.3 is 0 Å². The van der Waals surface area contributed by atoms with Gasteiger partial charge in [0.15, 0.2) is 5.76 Å². The second kappa shape index (κ2) is 8.38. The van der Waals surface area contributed by atoms with Crippen molar-refractivity contribution in [3.05, 3.63) is 89.8 Å². The number of benzene rings is 2. The molecule has 0 unspecified atom stereocenters. The van der Waals surface area contributed by atoms with Crippen LogP contribution in [-0.4, -0.2) is 46.8 Å². The predicted octanol–water partition coefficient (Wildman–Crippen LogP) is 4.71. The fourth-order valence-corrected chi connectivity index (χ4v) is 4.22. The third-order valence-electron chi connectivity index (χ3n) is 5.95. The number of aryl methyl sites for hydroxylation is 2. The summed E-state index contributed by atoms with van der Waals surface area (Å²) in [5, 5.41) is 4.72. The number of amides is 1. The second-order valence-corrected chi connectivity index (χ2v) is 8.14. The van der Waals surface area contributed by atoms with E-state index in [2.05, 4.69) is 36.1 Å². The zero-order valence-electron chi connectivity index (χ0n) is 18.4. The first-order valence-electron chi connectivity index (χ1n) is 10.9. The van der Waals surface area contributed by atoms with E-state index in [1.165, 1.54) is 11.3 Å². The number of hydrogen-bond donors (Lipinski definition) is 0. The lowest BCUT2D eigenvalue weighted by atomic mass is 10.1. The molecule has 1 saturated heterocycles. The third kappa shape index (κ3) is 3.80. The number of para-hydroxylation sites is 2. The molecule has 162 valence electrons. The number of hydrogen-bond acceptors (Lipinski definition) is 4. The highest BCUT2D eigenvalue weighted by Crippen LogP contribution is 2.26. The molecule has 6 heteroatoms. The maximum atomic E-state index is 13.6. The maximum Gasteiger partial charge on any atom is 0.272 e. The Hall–Kier alpha value is -3.80. The van der Waals surface area contributed by atoms with Gasteiger partial charge in [-0.2, -0.15) is 5.10 Å². The van der Waals surface area contributed by atoms with Crippen molar-refractivity contribution < 1.29 is 9.21 Å². The summed E-state index contributed by atoms with van der Waals surface area (Å²) in [6.45, 7) is 6.98. The average Bonchev–Trinajstić information content (AvgIpc) is 3.46. The van der Waals surface area contributed by atoms with Crippen LogP contribution in [0.2, 0.25) is 0 Å². The summed E-state index contributed by atoms with van der Waals surface area (Å²) < 4.78 is 7.49. The van der Waals surface area contributed by atoms with Gasteiger partial charge in [0, 0.05) is 37.9 Å². The highest BCUT2D eigenvalue weighted by atomic mass is 16.3. The summed E-state index contributed by atoms with van der Waals surface area (Å²) >= 11 is 0. The monoisotopic (exact) mass is 426 g/mol. The van der Waals surface area contributed by atoms with Crippen molar-refractivity contribution in [3.8, 4) is 17.1 Å². The largest absolute Gasteiger partial charge is 0.460 e. The Kier molecular flexibility index (Phi) is 5.27. The quantitative estimate of drug-likeness (QED) is 0.474. The van der Waals surface area contributed by atoms with Crippen LogP contribution in [0.15, 0.2) is 77.2 Å². The third-order valence-corrected chi connectivity index (χ3v) is 5.95. The van der Waals surface area contributed by atoms with Gasteiger partial charge in [0.2, 0.25) is 0 Å². The summed E-state index contributed by atoms with van der Waals surface area (Å²) in [5.41, 5.74) is 4.55. The minimum atomic E-state index is -0.0136. The first-order chi connectivity index (χ1) is 15.6. The Balaban J connectivity index is 1.42. The van der Waals surface area contributed by atoms with Crippen molar-refractivity contribution in [1.82, 2.24) is 14.7 Å². The molecule has 0 spiro atoms. The Labute approximate surface area is 187 Å². The number of carbonyl (C=O) groups excluding carboxylic acids is 1. The smallest absolute Gasteiger partial charge is 0.272 e. The molecule has 3 heterocycles. The molecule has 1 aliphatic rings. The lowest BCUT2D eigenvalue weighted by Crippen LogP contribution is -2.49. The van der Waals surface area contributed by atoms with Gasteiger partial charge in [0.25, 0.3) is 5.91 Å². The lowest BCUT2D eigenvalue weighted by Gasteiger charge is -2.36. The number of carbonyl (C=O) groups is 1. The van der Waals surface area contributed by atoms with Gasteiger partial charge in [-0.3, -0.25) is 4.79 Å². The van der Waals surface area contributed by atoms with E-state index in [1.807, 2.05) is 60.4 Å². The van der Waals surface area contributed by atoms with E-state index in [0.717, 1.165) is 24.5 Å². The highest BCUT2D eigenvalue weighted by Gasteiger charge is 2.27. The first kappa shape index (κ1) is 20.1. The molecular formula is C26H26N4O2. The summed E-state index contributed by atoms with van der Waals surface area (Å²) in [6.07, 6.45) is 0. The van der Waals surface area contributed by atoms with E-state index in [1.54, 1.807) is 4.68 Å². The van der Waals surface area contributed by atoms with Crippen molar-refractivity contribution in [2.24, 2.45) is 0 Å². The van der Waals surface area contributed by atoms with Crippen LogP contribution in [0.5, 0.6) is 0 Å². The number of piperazine rings is 1. The predicted molar refractivity (Wildman–Crippen MR) is 125 cm³/mol. The van der Waals surface area contributed by atoms with Crippen LogP contribution in [0.1, 0.15) is 21.8 Å². The molecule has 2 aromatic heterocycles. The molecule has 1 aliphatic heterocycles. The van der Waals surface area contributed by atoms with Crippen LogP contribution in [0.3, 0.4) is 0 Å². The van der Waals surface area contributed by atoms with E-state index in [4.69, 9.17) is 9.52 Å². The molecule has 0 N–H and O–H groups in total. The van der Waals surface area contributed by atoms with Crippen LogP contribution < -0.4 is 4.90 Å². The van der Waals surface area contributed by atoms with Crippen molar-refractivity contribution in [2.45, 2.75) is 13.8 Å². The van der Waals surface area contributed by atoms with Crippen molar-refractivity contribution >= 4 is 11.6 Å². The molecule has 5 rings (SSSR count). The Morgan fingerprint density at radius 1 is 0.875 bits per heavy atom.